The second-order valence-corrected chi connectivity index (χ2v) is 10.6. The van der Waals surface area contributed by atoms with E-state index in [1.807, 2.05) is 0 Å². The van der Waals surface area contributed by atoms with E-state index < -0.39 is 7.87 Å². The Bertz CT molecular complexity index is 266. The van der Waals surface area contributed by atoms with E-state index in [0.717, 1.165) is 0 Å². The molecule has 0 N–H and O–H groups in total. The molecule has 3 fully saturated rings. The van der Waals surface area contributed by atoms with Crippen molar-refractivity contribution in [1.82, 2.24) is 18.7 Å². The summed E-state index contributed by atoms with van der Waals surface area (Å²) >= 11 is 0. The van der Waals surface area contributed by atoms with Gasteiger partial charge in [-0.15, -0.1) is 0 Å². The van der Waals surface area contributed by atoms with Crippen molar-refractivity contribution in [2.75, 3.05) is 52.9 Å². The van der Waals surface area contributed by atoms with Crippen molar-refractivity contribution in [3.05, 3.63) is 0 Å². The Balaban J connectivity index is 1.95. The number of hydrogen-bond donors (Lipinski definition) is 0. The Morgan fingerprint density at radius 3 is 1.25 bits per heavy atom. The second kappa shape index (κ2) is 6.58. The molecule has 0 spiro atoms. The van der Waals surface area contributed by atoms with Gasteiger partial charge >= 0.3 is 125 Å². The average Bonchev–Trinajstić information content (AvgIpc) is 3.23. The average molecular weight is 300 g/mol. The van der Waals surface area contributed by atoms with Crippen molar-refractivity contribution >= 4 is 7.87 Å². The molecule has 0 aromatic rings. The van der Waals surface area contributed by atoms with Gasteiger partial charge in [-0.1, -0.05) is 0 Å². The van der Waals surface area contributed by atoms with Crippen molar-refractivity contribution in [3.8, 4) is 0 Å². The van der Waals surface area contributed by atoms with Crippen molar-refractivity contribution in [3.63, 3.8) is 0 Å². The third-order valence-corrected chi connectivity index (χ3v) is 10.8. The molecule has 118 valence electrons. The molecular weight excluding hydrogens is 267 g/mol. The van der Waals surface area contributed by atoms with E-state index in [9.17, 15) is 0 Å². The predicted octanol–water partition coefficient (Wildman–Crippen LogP) is 2.64. The van der Waals surface area contributed by atoms with Gasteiger partial charge in [-0.3, -0.25) is 0 Å². The van der Waals surface area contributed by atoms with Crippen LogP contribution in [0.5, 0.6) is 0 Å². The molecule has 0 radical (unpaired) electrons. The van der Waals surface area contributed by atoms with E-state index in [1.54, 1.807) is 0 Å². The molecule has 0 unspecified atom stereocenters. The normalized spacial score (nSPS) is 27.9. The van der Waals surface area contributed by atoms with Gasteiger partial charge in [-0.2, -0.15) is 0 Å². The standard InChI is InChI=1S/C15H33N4P/c1-3-16(2)20(17-10-4-5-11-17,18-12-6-7-13-18)19-14-8-9-15-19/h20H,3-15H2,1-2H3. The van der Waals surface area contributed by atoms with Crippen LogP contribution in [0.2, 0.25) is 0 Å². The molecule has 5 heteroatoms. The first-order valence-electron chi connectivity index (χ1n) is 8.76. The molecule has 0 atom stereocenters. The van der Waals surface area contributed by atoms with Gasteiger partial charge in [0.1, 0.15) is 0 Å². The first-order chi connectivity index (χ1) is 9.80. The minimum absolute atomic E-state index is 1.19. The van der Waals surface area contributed by atoms with E-state index in [4.69, 9.17) is 0 Å². The molecule has 0 aromatic carbocycles. The van der Waals surface area contributed by atoms with Crippen LogP contribution in [0, 0.1) is 0 Å². The Kier molecular flexibility index (Phi) is 4.99. The van der Waals surface area contributed by atoms with Crippen LogP contribution in [0.4, 0.5) is 0 Å². The summed E-state index contributed by atoms with van der Waals surface area (Å²) in [6, 6.07) is 0. The van der Waals surface area contributed by atoms with E-state index >= 15 is 0 Å². The molecule has 4 nitrogen and oxygen atoms in total. The molecule has 0 saturated carbocycles. The molecule has 3 aliphatic rings. The van der Waals surface area contributed by atoms with E-state index in [1.165, 1.54) is 84.3 Å². The van der Waals surface area contributed by atoms with Crippen LogP contribution in [-0.4, -0.2) is 71.5 Å². The summed E-state index contributed by atoms with van der Waals surface area (Å²) in [7, 11) is 0.638. The zero-order chi connectivity index (χ0) is 14.0. The number of rotatable bonds is 5. The summed E-state index contributed by atoms with van der Waals surface area (Å²) in [6.07, 6.45) is 8.46. The van der Waals surface area contributed by atoms with Crippen LogP contribution in [0.15, 0.2) is 0 Å². The second-order valence-electron chi connectivity index (χ2n) is 6.70. The van der Waals surface area contributed by atoms with E-state index in [2.05, 4.69) is 32.7 Å². The van der Waals surface area contributed by atoms with Gasteiger partial charge < -0.3 is 0 Å². The predicted molar refractivity (Wildman–Crippen MR) is 89.0 cm³/mol. The Hall–Kier alpha value is 0.270. The quantitative estimate of drug-likeness (QED) is 0.724. The molecule has 0 aromatic heterocycles. The molecule has 3 aliphatic heterocycles. The fraction of sp³-hybridized carbons (Fsp3) is 1.00. The summed E-state index contributed by atoms with van der Waals surface area (Å²) in [5.41, 5.74) is 0. The first kappa shape index (κ1) is 15.2. The molecule has 20 heavy (non-hydrogen) atoms. The third-order valence-electron chi connectivity index (χ3n) is 5.58. The summed E-state index contributed by atoms with van der Waals surface area (Å²) in [5, 5.41) is 0. The van der Waals surface area contributed by atoms with Gasteiger partial charge in [0.2, 0.25) is 0 Å². The number of nitrogens with zero attached hydrogens (tertiary/aromatic N) is 4. The van der Waals surface area contributed by atoms with Crippen LogP contribution in [-0.2, 0) is 0 Å². The maximum absolute atomic E-state index is 2.92. The number of hydrogen-bond acceptors (Lipinski definition) is 4. The van der Waals surface area contributed by atoms with Gasteiger partial charge in [0.15, 0.2) is 0 Å². The zero-order valence-electron chi connectivity index (χ0n) is 13.5. The Labute approximate surface area is 125 Å². The van der Waals surface area contributed by atoms with Crippen molar-refractivity contribution in [1.29, 1.82) is 0 Å². The third kappa shape index (κ3) is 2.44. The first-order valence-corrected chi connectivity index (χ1v) is 10.6. The Morgan fingerprint density at radius 2 is 1.00 bits per heavy atom. The molecule has 3 saturated heterocycles. The fourth-order valence-corrected chi connectivity index (χ4v) is 10.4. The van der Waals surface area contributed by atoms with Crippen LogP contribution in [0.3, 0.4) is 0 Å². The monoisotopic (exact) mass is 300 g/mol. The SMILES string of the molecule is CCN(C)[PH](N1CCCC1)(N1CCCC1)N1CCCC1. The van der Waals surface area contributed by atoms with Gasteiger partial charge in [-0.25, -0.2) is 0 Å². The molecular formula is C15H33N4P. The molecule has 0 aliphatic carbocycles. The molecule has 3 rings (SSSR count). The summed E-state index contributed by atoms with van der Waals surface area (Å²) in [4.78, 5) is 0. The molecule has 3 heterocycles. The van der Waals surface area contributed by atoms with Crippen molar-refractivity contribution in [2.45, 2.75) is 45.4 Å². The molecule has 0 amide bonds. The fourth-order valence-electron chi connectivity index (χ4n) is 4.59. The summed E-state index contributed by atoms with van der Waals surface area (Å²) in [6.45, 7) is 11.6. The van der Waals surface area contributed by atoms with Crippen LogP contribution in [0.25, 0.3) is 0 Å². The zero-order valence-corrected chi connectivity index (χ0v) is 14.5. The minimum atomic E-state index is -1.77. The van der Waals surface area contributed by atoms with Gasteiger partial charge in [0, 0.05) is 0 Å². The Morgan fingerprint density at radius 1 is 0.700 bits per heavy atom. The maximum atomic E-state index is 2.92. The van der Waals surface area contributed by atoms with Crippen LogP contribution >= 0.6 is 7.87 Å². The molecule has 0 bridgehead atoms. The van der Waals surface area contributed by atoms with Gasteiger partial charge in [-0.05, 0) is 0 Å². The van der Waals surface area contributed by atoms with Crippen LogP contribution < -0.4 is 0 Å². The van der Waals surface area contributed by atoms with Gasteiger partial charge in [0.05, 0.1) is 0 Å². The van der Waals surface area contributed by atoms with Crippen LogP contribution in [0.1, 0.15) is 45.4 Å². The van der Waals surface area contributed by atoms with Crippen molar-refractivity contribution < 1.29 is 0 Å². The van der Waals surface area contributed by atoms with Crippen molar-refractivity contribution in [2.24, 2.45) is 0 Å². The van der Waals surface area contributed by atoms with E-state index in [-0.39, 0.29) is 0 Å². The topological polar surface area (TPSA) is 13.0 Å². The summed E-state index contributed by atoms with van der Waals surface area (Å²) < 4.78 is 11.5. The van der Waals surface area contributed by atoms with E-state index in [0.29, 0.717) is 0 Å². The van der Waals surface area contributed by atoms with Gasteiger partial charge in [0.25, 0.3) is 0 Å². The summed E-state index contributed by atoms with van der Waals surface area (Å²) in [5.74, 6) is 0.